The first-order valence-corrected chi connectivity index (χ1v) is 7.50. The first kappa shape index (κ1) is 12.0. The molecule has 0 spiro atoms. The highest BCUT2D eigenvalue weighted by molar-refractivity contribution is 9.11. The maximum atomic E-state index is 5.49. The summed E-state index contributed by atoms with van der Waals surface area (Å²) >= 11 is 8.95. The van der Waals surface area contributed by atoms with E-state index >= 15 is 0 Å². The monoisotopic (exact) mass is 353 g/mol. The number of hydrogen-bond donors (Lipinski definition) is 0. The zero-order valence-electron chi connectivity index (χ0n) is 8.29. The van der Waals surface area contributed by atoms with E-state index in [1.807, 2.05) is 0 Å². The molecule has 84 valence electrons. The quantitative estimate of drug-likeness (QED) is 0.756. The van der Waals surface area contributed by atoms with Crippen molar-refractivity contribution in [2.75, 3.05) is 26.3 Å². The minimum atomic E-state index is 0.456. The highest BCUT2D eigenvalue weighted by atomic mass is 79.9. The second-order valence-electron chi connectivity index (χ2n) is 3.63. The molecule has 0 aliphatic carbocycles. The fourth-order valence-electron chi connectivity index (χ4n) is 1.65. The normalized spacial score (nSPS) is 24.0. The van der Waals surface area contributed by atoms with Crippen LogP contribution in [0.5, 0.6) is 0 Å². The van der Waals surface area contributed by atoms with Gasteiger partial charge in [-0.05, 0) is 32.9 Å². The Labute approximate surface area is 111 Å². The molecule has 1 aromatic rings. The molecule has 5 heteroatoms. The fourth-order valence-corrected chi connectivity index (χ4v) is 3.46. The maximum absolute atomic E-state index is 5.49. The van der Waals surface area contributed by atoms with Crippen LogP contribution in [0.25, 0.3) is 0 Å². The first-order chi connectivity index (χ1) is 7.25. The molecule has 1 unspecified atom stereocenters. The van der Waals surface area contributed by atoms with Gasteiger partial charge in [0.05, 0.1) is 21.8 Å². The minimum Gasteiger partial charge on any atom is -0.379 e. The molecule has 1 aliphatic rings. The molecular formula is C10H13Br2NOS. The molecule has 0 bridgehead atoms. The maximum Gasteiger partial charge on any atom is 0.0743 e. The van der Waals surface area contributed by atoms with Crippen molar-refractivity contribution in [3.05, 3.63) is 20.8 Å². The second kappa shape index (κ2) is 5.77. The van der Waals surface area contributed by atoms with Crippen molar-refractivity contribution in [3.8, 4) is 0 Å². The Morgan fingerprint density at radius 2 is 2.47 bits per heavy atom. The van der Waals surface area contributed by atoms with Crippen LogP contribution in [0.4, 0.5) is 0 Å². The van der Waals surface area contributed by atoms with Gasteiger partial charge in [-0.1, -0.05) is 15.9 Å². The third kappa shape index (κ3) is 3.53. The van der Waals surface area contributed by atoms with E-state index in [9.17, 15) is 0 Å². The third-order valence-corrected chi connectivity index (χ3v) is 4.76. The highest BCUT2D eigenvalue weighted by Gasteiger charge is 2.17. The van der Waals surface area contributed by atoms with Crippen molar-refractivity contribution in [2.45, 2.75) is 11.4 Å². The molecule has 1 aliphatic heterocycles. The third-order valence-electron chi connectivity index (χ3n) is 2.39. The topological polar surface area (TPSA) is 12.5 Å². The number of alkyl halides is 1. The molecule has 1 aromatic heterocycles. The summed E-state index contributed by atoms with van der Waals surface area (Å²) in [7, 11) is 0. The summed E-state index contributed by atoms with van der Waals surface area (Å²) < 4.78 is 6.74. The molecule has 1 saturated heterocycles. The molecule has 0 aromatic carbocycles. The van der Waals surface area contributed by atoms with Gasteiger partial charge in [0, 0.05) is 19.6 Å². The predicted molar refractivity (Wildman–Crippen MR) is 70.8 cm³/mol. The smallest absolute Gasteiger partial charge is 0.0743 e. The zero-order chi connectivity index (χ0) is 10.7. The number of rotatable bonds is 2. The van der Waals surface area contributed by atoms with Crippen molar-refractivity contribution in [3.63, 3.8) is 0 Å². The van der Waals surface area contributed by atoms with Crippen molar-refractivity contribution in [1.82, 2.24) is 4.90 Å². The van der Waals surface area contributed by atoms with Crippen molar-refractivity contribution in [1.29, 1.82) is 0 Å². The summed E-state index contributed by atoms with van der Waals surface area (Å²) in [6, 6.07) is 2.18. The predicted octanol–water partition coefficient (Wildman–Crippen LogP) is 3.11. The molecule has 1 fully saturated rings. The van der Waals surface area contributed by atoms with E-state index in [-0.39, 0.29) is 0 Å². The summed E-state index contributed by atoms with van der Waals surface area (Å²) in [6.45, 7) is 4.74. The number of ether oxygens (including phenoxy) is 1. The average molecular weight is 355 g/mol. The van der Waals surface area contributed by atoms with Gasteiger partial charge in [0.15, 0.2) is 0 Å². The van der Waals surface area contributed by atoms with Crippen LogP contribution < -0.4 is 0 Å². The lowest BCUT2D eigenvalue weighted by atomic mass is 10.3. The Balaban J connectivity index is 1.96. The summed E-state index contributed by atoms with van der Waals surface area (Å²) in [5.41, 5.74) is 1.38. The second-order valence-corrected chi connectivity index (χ2v) is 7.16. The Hall–Kier alpha value is 0.580. The summed E-state index contributed by atoms with van der Waals surface area (Å²) in [6.07, 6.45) is 0. The van der Waals surface area contributed by atoms with Crippen molar-refractivity contribution >= 4 is 43.2 Å². The van der Waals surface area contributed by atoms with Gasteiger partial charge in [-0.2, -0.15) is 0 Å². The number of nitrogens with zero attached hydrogens (tertiary/aromatic N) is 1. The van der Waals surface area contributed by atoms with E-state index in [0.29, 0.717) is 4.83 Å². The first-order valence-electron chi connectivity index (χ1n) is 4.92. The molecule has 0 N–H and O–H groups in total. The molecule has 2 rings (SSSR count). The Bertz CT molecular complexity index is 318. The summed E-state index contributed by atoms with van der Waals surface area (Å²) in [4.78, 5) is 2.89. The molecule has 0 amide bonds. The van der Waals surface area contributed by atoms with Gasteiger partial charge in [0.1, 0.15) is 0 Å². The van der Waals surface area contributed by atoms with Crippen LogP contribution >= 0.6 is 43.2 Å². The van der Waals surface area contributed by atoms with Gasteiger partial charge >= 0.3 is 0 Å². The lowest BCUT2D eigenvalue weighted by Gasteiger charge is -2.20. The SMILES string of the molecule is Brc1sccc1CN1CCOCC(Br)C1. The molecule has 15 heavy (non-hydrogen) atoms. The van der Waals surface area contributed by atoms with E-state index in [1.165, 1.54) is 9.35 Å². The molecule has 2 heterocycles. The van der Waals surface area contributed by atoms with E-state index in [1.54, 1.807) is 11.3 Å². The molecule has 0 saturated carbocycles. The lowest BCUT2D eigenvalue weighted by Crippen LogP contribution is -2.29. The van der Waals surface area contributed by atoms with Crippen LogP contribution in [-0.2, 0) is 11.3 Å². The molecule has 0 radical (unpaired) electrons. The van der Waals surface area contributed by atoms with Crippen LogP contribution in [0.15, 0.2) is 15.2 Å². The fraction of sp³-hybridized carbons (Fsp3) is 0.600. The van der Waals surface area contributed by atoms with E-state index in [2.05, 4.69) is 48.2 Å². The average Bonchev–Trinajstić information content (AvgIpc) is 2.48. The minimum absolute atomic E-state index is 0.456. The Kier molecular flexibility index (Phi) is 4.64. The van der Waals surface area contributed by atoms with Gasteiger partial charge in [-0.3, -0.25) is 4.90 Å². The van der Waals surface area contributed by atoms with Gasteiger partial charge in [-0.15, -0.1) is 11.3 Å². The summed E-state index contributed by atoms with van der Waals surface area (Å²) in [5.74, 6) is 0. The van der Waals surface area contributed by atoms with Crippen molar-refractivity contribution < 1.29 is 4.74 Å². The van der Waals surface area contributed by atoms with Gasteiger partial charge in [0.25, 0.3) is 0 Å². The van der Waals surface area contributed by atoms with Crippen LogP contribution in [0, 0.1) is 0 Å². The van der Waals surface area contributed by atoms with E-state index in [4.69, 9.17) is 4.74 Å². The van der Waals surface area contributed by atoms with Crippen LogP contribution in [0.2, 0.25) is 0 Å². The largest absolute Gasteiger partial charge is 0.379 e. The number of hydrogen-bond acceptors (Lipinski definition) is 3. The molecule has 2 nitrogen and oxygen atoms in total. The van der Waals surface area contributed by atoms with Gasteiger partial charge < -0.3 is 4.74 Å². The number of thiophene rings is 1. The van der Waals surface area contributed by atoms with Gasteiger partial charge in [-0.25, -0.2) is 0 Å². The van der Waals surface area contributed by atoms with E-state index in [0.717, 1.165) is 32.8 Å². The van der Waals surface area contributed by atoms with Crippen molar-refractivity contribution in [2.24, 2.45) is 0 Å². The number of halogens is 2. The van der Waals surface area contributed by atoms with E-state index < -0.39 is 0 Å². The van der Waals surface area contributed by atoms with Crippen LogP contribution in [0.1, 0.15) is 5.56 Å². The summed E-state index contributed by atoms with van der Waals surface area (Å²) in [5, 5.41) is 2.12. The highest BCUT2D eigenvalue weighted by Crippen LogP contribution is 2.25. The standard InChI is InChI=1S/C10H13Br2NOS/c11-9-6-13(2-3-14-7-9)5-8-1-4-15-10(8)12/h1,4,9H,2-3,5-7H2. The lowest BCUT2D eigenvalue weighted by molar-refractivity contribution is 0.142. The van der Waals surface area contributed by atoms with Crippen LogP contribution in [0.3, 0.4) is 0 Å². The van der Waals surface area contributed by atoms with Gasteiger partial charge in [0.2, 0.25) is 0 Å². The molecular weight excluding hydrogens is 342 g/mol. The zero-order valence-corrected chi connectivity index (χ0v) is 12.3. The Morgan fingerprint density at radius 1 is 1.60 bits per heavy atom. The Morgan fingerprint density at radius 3 is 3.20 bits per heavy atom. The molecule has 1 atom stereocenters. The van der Waals surface area contributed by atoms with Crippen LogP contribution in [-0.4, -0.2) is 36.0 Å².